The van der Waals surface area contributed by atoms with Gasteiger partial charge >= 0.3 is 0 Å². The highest BCUT2D eigenvalue weighted by Gasteiger charge is 2.15. The molecule has 0 spiro atoms. The largest absolute Gasteiger partial charge is 0.397 e. The van der Waals surface area contributed by atoms with Crippen LogP contribution in [-0.2, 0) is 4.79 Å². The van der Waals surface area contributed by atoms with Crippen molar-refractivity contribution in [2.75, 3.05) is 11.1 Å². The van der Waals surface area contributed by atoms with Crippen LogP contribution in [0.2, 0.25) is 5.02 Å². The van der Waals surface area contributed by atoms with Gasteiger partial charge in [-0.15, -0.1) is 0 Å². The molecule has 1 aromatic carbocycles. The van der Waals surface area contributed by atoms with Gasteiger partial charge in [-0.25, -0.2) is 0 Å². The third-order valence-corrected chi connectivity index (χ3v) is 2.86. The molecule has 88 valence electrons. The smallest absolute Gasteiger partial charge is 0.227 e. The van der Waals surface area contributed by atoms with Crippen molar-refractivity contribution in [1.82, 2.24) is 0 Å². The van der Waals surface area contributed by atoms with E-state index in [4.69, 9.17) is 17.3 Å². The monoisotopic (exact) mass is 240 g/mol. The fourth-order valence-electron chi connectivity index (χ4n) is 1.53. The number of carbonyl (C=O) groups is 1. The summed E-state index contributed by atoms with van der Waals surface area (Å²) in [5, 5.41) is 3.37. The van der Waals surface area contributed by atoms with Gasteiger partial charge in [-0.1, -0.05) is 25.4 Å². The van der Waals surface area contributed by atoms with E-state index in [0.717, 1.165) is 12.8 Å². The number of benzene rings is 1. The van der Waals surface area contributed by atoms with Crippen molar-refractivity contribution < 1.29 is 4.79 Å². The Labute approximate surface area is 101 Å². The maximum Gasteiger partial charge on any atom is 0.227 e. The van der Waals surface area contributed by atoms with Crippen LogP contribution in [0.5, 0.6) is 0 Å². The van der Waals surface area contributed by atoms with Gasteiger partial charge in [-0.3, -0.25) is 4.79 Å². The highest BCUT2D eigenvalue weighted by atomic mass is 35.5. The summed E-state index contributed by atoms with van der Waals surface area (Å²) in [6.07, 6.45) is 1.64. The second kappa shape index (κ2) is 5.75. The van der Waals surface area contributed by atoms with E-state index >= 15 is 0 Å². The van der Waals surface area contributed by atoms with Crippen molar-refractivity contribution in [3.05, 3.63) is 23.2 Å². The van der Waals surface area contributed by atoms with E-state index in [9.17, 15) is 4.79 Å². The van der Waals surface area contributed by atoms with E-state index in [1.807, 2.05) is 13.8 Å². The Balaban J connectivity index is 2.80. The zero-order valence-electron chi connectivity index (χ0n) is 9.59. The quantitative estimate of drug-likeness (QED) is 0.794. The van der Waals surface area contributed by atoms with Gasteiger partial charge in [-0.05, 0) is 31.0 Å². The molecule has 3 N–H and O–H groups in total. The average molecular weight is 241 g/mol. The summed E-state index contributed by atoms with van der Waals surface area (Å²) in [5.74, 6) is 0.0253. The Hall–Kier alpha value is -1.22. The molecule has 0 aromatic heterocycles. The zero-order chi connectivity index (χ0) is 12.1. The van der Waals surface area contributed by atoms with Crippen LogP contribution < -0.4 is 11.1 Å². The minimum absolute atomic E-state index is 0.000957. The molecule has 0 fully saturated rings. The van der Waals surface area contributed by atoms with Crippen LogP contribution in [0.25, 0.3) is 0 Å². The third kappa shape index (κ3) is 3.14. The maximum absolute atomic E-state index is 11.8. The van der Waals surface area contributed by atoms with Gasteiger partial charge in [0, 0.05) is 10.9 Å². The Morgan fingerprint density at radius 1 is 1.44 bits per heavy atom. The lowest BCUT2D eigenvalue weighted by Crippen LogP contribution is -2.22. The number of carbonyl (C=O) groups excluding carboxylic acids is 1. The first-order valence-corrected chi connectivity index (χ1v) is 5.82. The second-order valence-electron chi connectivity index (χ2n) is 3.73. The number of nitrogen functional groups attached to an aromatic ring is 1. The Bertz CT molecular complexity index is 375. The molecule has 1 amide bonds. The van der Waals surface area contributed by atoms with E-state index in [-0.39, 0.29) is 11.8 Å². The Morgan fingerprint density at radius 2 is 2.06 bits per heavy atom. The minimum atomic E-state index is -0.000957. The van der Waals surface area contributed by atoms with Crippen molar-refractivity contribution in [2.45, 2.75) is 26.7 Å². The number of nitrogens with one attached hydrogen (secondary N) is 1. The summed E-state index contributed by atoms with van der Waals surface area (Å²) in [6.45, 7) is 3.99. The van der Waals surface area contributed by atoms with E-state index in [1.54, 1.807) is 18.2 Å². The number of amides is 1. The topological polar surface area (TPSA) is 55.1 Å². The van der Waals surface area contributed by atoms with Crippen LogP contribution in [0.3, 0.4) is 0 Å². The number of rotatable bonds is 4. The fraction of sp³-hybridized carbons (Fsp3) is 0.417. The first-order valence-electron chi connectivity index (χ1n) is 5.44. The maximum atomic E-state index is 11.8. The number of nitrogens with two attached hydrogens (primary N) is 1. The number of halogens is 1. The van der Waals surface area contributed by atoms with Crippen molar-refractivity contribution >= 4 is 28.9 Å². The summed E-state index contributed by atoms with van der Waals surface area (Å²) >= 11 is 5.84. The summed E-state index contributed by atoms with van der Waals surface area (Å²) in [7, 11) is 0. The molecule has 1 rings (SSSR count). The molecular formula is C12H17ClN2O. The lowest BCUT2D eigenvalue weighted by atomic mass is 10.0. The number of hydrogen-bond acceptors (Lipinski definition) is 2. The van der Waals surface area contributed by atoms with Gasteiger partial charge in [0.05, 0.1) is 11.4 Å². The van der Waals surface area contributed by atoms with Crippen LogP contribution in [0.15, 0.2) is 18.2 Å². The molecule has 0 saturated heterocycles. The van der Waals surface area contributed by atoms with Gasteiger partial charge in [0.1, 0.15) is 0 Å². The van der Waals surface area contributed by atoms with Gasteiger partial charge in [0.2, 0.25) is 5.91 Å². The molecule has 16 heavy (non-hydrogen) atoms. The van der Waals surface area contributed by atoms with Crippen LogP contribution in [-0.4, -0.2) is 5.91 Å². The Morgan fingerprint density at radius 3 is 2.62 bits per heavy atom. The molecule has 4 heteroatoms. The van der Waals surface area contributed by atoms with Gasteiger partial charge in [-0.2, -0.15) is 0 Å². The van der Waals surface area contributed by atoms with Gasteiger partial charge in [0.25, 0.3) is 0 Å². The van der Waals surface area contributed by atoms with Crippen molar-refractivity contribution in [2.24, 2.45) is 5.92 Å². The van der Waals surface area contributed by atoms with Crippen LogP contribution in [0.4, 0.5) is 11.4 Å². The van der Waals surface area contributed by atoms with Crippen molar-refractivity contribution in [3.8, 4) is 0 Å². The molecule has 0 bridgehead atoms. The molecule has 0 heterocycles. The van der Waals surface area contributed by atoms with E-state index < -0.39 is 0 Å². The lowest BCUT2D eigenvalue weighted by molar-refractivity contribution is -0.120. The van der Waals surface area contributed by atoms with Crippen molar-refractivity contribution in [1.29, 1.82) is 0 Å². The molecule has 0 unspecified atom stereocenters. The number of hydrogen-bond donors (Lipinski definition) is 2. The van der Waals surface area contributed by atoms with Gasteiger partial charge < -0.3 is 11.1 Å². The van der Waals surface area contributed by atoms with Crippen molar-refractivity contribution in [3.63, 3.8) is 0 Å². The third-order valence-electron chi connectivity index (χ3n) is 2.63. The first-order chi connectivity index (χ1) is 7.58. The summed E-state index contributed by atoms with van der Waals surface area (Å²) in [4.78, 5) is 11.8. The second-order valence-corrected chi connectivity index (χ2v) is 4.17. The van der Waals surface area contributed by atoms with Crippen LogP contribution >= 0.6 is 11.6 Å². The van der Waals surface area contributed by atoms with E-state index in [2.05, 4.69) is 5.32 Å². The Kier molecular flexibility index (Phi) is 4.62. The van der Waals surface area contributed by atoms with E-state index in [0.29, 0.717) is 16.4 Å². The predicted octanol–water partition coefficient (Wildman–Crippen LogP) is 3.30. The number of anilines is 2. The molecule has 0 saturated carbocycles. The summed E-state index contributed by atoms with van der Waals surface area (Å²) in [6, 6.07) is 5.05. The first kappa shape index (κ1) is 12.8. The molecule has 0 aliphatic rings. The summed E-state index contributed by atoms with van der Waals surface area (Å²) in [5.41, 5.74) is 6.87. The van der Waals surface area contributed by atoms with Crippen LogP contribution in [0, 0.1) is 5.92 Å². The molecule has 0 atom stereocenters. The highest BCUT2D eigenvalue weighted by molar-refractivity contribution is 6.31. The standard InChI is InChI=1S/C12H17ClN2O/c1-3-8(4-2)12(16)15-11-7-9(13)5-6-10(11)14/h5-8H,3-4,14H2,1-2H3,(H,15,16). The molecule has 0 radical (unpaired) electrons. The lowest BCUT2D eigenvalue weighted by Gasteiger charge is -2.14. The molecule has 0 aliphatic heterocycles. The minimum Gasteiger partial charge on any atom is -0.397 e. The predicted molar refractivity (Wildman–Crippen MR) is 68.6 cm³/mol. The average Bonchev–Trinajstić information content (AvgIpc) is 2.25. The van der Waals surface area contributed by atoms with Crippen LogP contribution in [0.1, 0.15) is 26.7 Å². The fourth-order valence-corrected chi connectivity index (χ4v) is 1.70. The summed E-state index contributed by atoms with van der Waals surface area (Å²) < 4.78 is 0. The molecule has 1 aromatic rings. The van der Waals surface area contributed by atoms with E-state index in [1.165, 1.54) is 0 Å². The molecular weight excluding hydrogens is 224 g/mol. The normalized spacial score (nSPS) is 10.5. The zero-order valence-corrected chi connectivity index (χ0v) is 10.3. The SMILES string of the molecule is CCC(CC)C(=O)Nc1cc(Cl)ccc1N. The highest BCUT2D eigenvalue weighted by Crippen LogP contribution is 2.24. The molecule has 0 aliphatic carbocycles. The molecule has 3 nitrogen and oxygen atoms in total. The van der Waals surface area contributed by atoms with Gasteiger partial charge in [0.15, 0.2) is 0 Å².